The molecule has 0 unspecified atom stereocenters. The van der Waals surface area contributed by atoms with Crippen LogP contribution in [-0.4, -0.2) is 17.3 Å². The van der Waals surface area contributed by atoms with Gasteiger partial charge in [-0.25, -0.2) is 0 Å². The minimum Gasteiger partial charge on any atom is -0.508 e. The molecule has 0 radical (unpaired) electrons. The van der Waals surface area contributed by atoms with Gasteiger partial charge in [-0.3, -0.25) is 0 Å². The fraction of sp³-hybridized carbons (Fsp3) is 0. The molecule has 1 aromatic carbocycles. The number of phenols is 1. The molecule has 0 aliphatic heterocycles. The second-order valence-corrected chi connectivity index (χ2v) is 2.88. The van der Waals surface area contributed by atoms with E-state index in [0.717, 1.165) is 0 Å². The monoisotopic (exact) mass is 212 g/mol. The summed E-state index contributed by atoms with van der Waals surface area (Å²) in [5, 5.41) is 16.5. The molecule has 0 aliphatic rings. The number of nitrogens with zero attached hydrogens (tertiary/aromatic N) is 2. The van der Waals surface area contributed by atoms with E-state index in [-0.39, 0.29) is 11.7 Å². The van der Waals surface area contributed by atoms with Gasteiger partial charge in [-0.2, -0.15) is 5.10 Å². The number of phenolic OH excluding ortho intramolecular Hbond substituents is 1. The van der Waals surface area contributed by atoms with Gasteiger partial charge in [-0.15, -0.1) is 5.10 Å². The van der Waals surface area contributed by atoms with Gasteiger partial charge in [0.2, 0.25) is 5.96 Å². The van der Waals surface area contributed by atoms with Crippen LogP contribution in [0.15, 0.2) is 28.4 Å². The number of hydrogen-bond acceptors (Lipinski definition) is 3. The van der Waals surface area contributed by atoms with Crippen molar-refractivity contribution < 1.29 is 5.11 Å². The van der Waals surface area contributed by atoms with Crippen molar-refractivity contribution in [2.45, 2.75) is 0 Å². The summed E-state index contributed by atoms with van der Waals surface area (Å²) in [6, 6.07) is 4.47. The van der Waals surface area contributed by atoms with E-state index in [1.165, 1.54) is 18.3 Å². The van der Waals surface area contributed by atoms with Crippen molar-refractivity contribution in [2.24, 2.45) is 21.7 Å². The molecule has 6 heteroatoms. The molecule has 0 fully saturated rings. The molecule has 0 atom stereocenters. The predicted octanol–water partition coefficient (Wildman–Crippen LogP) is 0.653. The standard InChI is InChI=1S/C8H9ClN4O/c9-7-2-1-6(14)3-5(7)4-12-13-8(10)11/h1-4,14H,(H4,10,11,13). The molecule has 5 N–H and O–H groups in total. The quantitative estimate of drug-likeness (QED) is 0.382. The first kappa shape index (κ1) is 10.3. The highest BCUT2D eigenvalue weighted by Crippen LogP contribution is 2.19. The zero-order valence-corrected chi connectivity index (χ0v) is 7.94. The Kier molecular flexibility index (Phi) is 3.30. The maximum absolute atomic E-state index is 9.14. The van der Waals surface area contributed by atoms with E-state index in [0.29, 0.717) is 10.6 Å². The fourth-order valence-corrected chi connectivity index (χ4v) is 0.954. The van der Waals surface area contributed by atoms with Gasteiger partial charge >= 0.3 is 0 Å². The number of aromatic hydroxyl groups is 1. The molecule has 14 heavy (non-hydrogen) atoms. The highest BCUT2D eigenvalue weighted by molar-refractivity contribution is 6.33. The van der Waals surface area contributed by atoms with Crippen LogP contribution in [0.5, 0.6) is 5.75 Å². The van der Waals surface area contributed by atoms with Crippen molar-refractivity contribution in [1.82, 2.24) is 0 Å². The Morgan fingerprint density at radius 2 is 2.14 bits per heavy atom. The summed E-state index contributed by atoms with van der Waals surface area (Å²) in [6.07, 6.45) is 1.35. The van der Waals surface area contributed by atoms with Gasteiger partial charge in [0, 0.05) is 10.6 Å². The maximum Gasteiger partial charge on any atom is 0.211 e. The third-order valence-electron chi connectivity index (χ3n) is 1.35. The molecular formula is C8H9ClN4O. The summed E-state index contributed by atoms with van der Waals surface area (Å²) >= 11 is 5.80. The van der Waals surface area contributed by atoms with E-state index in [1.807, 2.05) is 0 Å². The summed E-state index contributed by atoms with van der Waals surface area (Å²) in [4.78, 5) is 0. The summed E-state index contributed by atoms with van der Waals surface area (Å²) in [6.45, 7) is 0. The van der Waals surface area contributed by atoms with Crippen molar-refractivity contribution in [3.05, 3.63) is 28.8 Å². The molecule has 0 saturated heterocycles. The van der Waals surface area contributed by atoms with Gasteiger partial charge in [0.1, 0.15) is 5.75 Å². The Hall–Kier alpha value is -1.75. The Bertz CT molecular complexity index is 385. The van der Waals surface area contributed by atoms with Crippen LogP contribution in [0.1, 0.15) is 5.56 Å². The fourth-order valence-electron chi connectivity index (χ4n) is 0.788. The molecular weight excluding hydrogens is 204 g/mol. The van der Waals surface area contributed by atoms with Crippen molar-refractivity contribution in [1.29, 1.82) is 0 Å². The lowest BCUT2D eigenvalue weighted by Crippen LogP contribution is -2.21. The molecule has 0 aliphatic carbocycles. The average Bonchev–Trinajstić information content (AvgIpc) is 2.10. The third kappa shape index (κ3) is 2.95. The van der Waals surface area contributed by atoms with Crippen LogP contribution < -0.4 is 11.5 Å². The maximum atomic E-state index is 9.14. The van der Waals surface area contributed by atoms with Crippen LogP contribution in [0.25, 0.3) is 0 Å². The van der Waals surface area contributed by atoms with Gasteiger partial charge in [-0.1, -0.05) is 11.6 Å². The average molecular weight is 213 g/mol. The first-order valence-corrected chi connectivity index (χ1v) is 4.08. The minimum absolute atomic E-state index is 0.0977. The van der Waals surface area contributed by atoms with Crippen LogP contribution in [-0.2, 0) is 0 Å². The van der Waals surface area contributed by atoms with Crippen LogP contribution in [0.2, 0.25) is 5.02 Å². The first-order valence-electron chi connectivity index (χ1n) is 3.70. The van der Waals surface area contributed by atoms with Crippen molar-refractivity contribution >= 4 is 23.8 Å². The van der Waals surface area contributed by atoms with Crippen molar-refractivity contribution in [3.63, 3.8) is 0 Å². The summed E-state index contributed by atoms with van der Waals surface area (Å²) < 4.78 is 0. The predicted molar refractivity (Wildman–Crippen MR) is 56.5 cm³/mol. The van der Waals surface area contributed by atoms with Gasteiger partial charge in [0.05, 0.1) is 6.21 Å². The molecule has 0 heterocycles. The normalized spacial score (nSPS) is 10.4. The van der Waals surface area contributed by atoms with E-state index in [2.05, 4.69) is 10.2 Å². The molecule has 0 aromatic heterocycles. The summed E-state index contributed by atoms with van der Waals surface area (Å²) in [5.74, 6) is -0.0434. The van der Waals surface area contributed by atoms with E-state index in [1.54, 1.807) is 6.07 Å². The van der Waals surface area contributed by atoms with Gasteiger partial charge in [0.15, 0.2) is 0 Å². The minimum atomic E-state index is -0.141. The SMILES string of the molecule is NC(N)=NN=Cc1cc(O)ccc1Cl. The number of nitrogens with two attached hydrogens (primary N) is 2. The lowest BCUT2D eigenvalue weighted by Gasteiger charge is -1.97. The summed E-state index contributed by atoms with van der Waals surface area (Å²) in [5.41, 5.74) is 10.7. The largest absolute Gasteiger partial charge is 0.508 e. The van der Waals surface area contributed by atoms with Crippen LogP contribution in [0, 0.1) is 0 Å². The lowest BCUT2D eigenvalue weighted by atomic mass is 10.2. The third-order valence-corrected chi connectivity index (χ3v) is 1.69. The van der Waals surface area contributed by atoms with Crippen molar-refractivity contribution in [3.8, 4) is 5.75 Å². The lowest BCUT2D eigenvalue weighted by molar-refractivity contribution is 0.475. The molecule has 0 amide bonds. The molecule has 74 valence electrons. The molecule has 1 rings (SSSR count). The second-order valence-electron chi connectivity index (χ2n) is 2.48. The van der Waals surface area contributed by atoms with Crippen LogP contribution in [0.4, 0.5) is 0 Å². The zero-order valence-electron chi connectivity index (χ0n) is 7.18. The van der Waals surface area contributed by atoms with Gasteiger partial charge < -0.3 is 16.6 Å². The highest BCUT2D eigenvalue weighted by atomic mass is 35.5. The van der Waals surface area contributed by atoms with E-state index in [4.69, 9.17) is 28.2 Å². The smallest absolute Gasteiger partial charge is 0.211 e. The first-order chi connectivity index (χ1) is 6.59. The second kappa shape index (κ2) is 4.48. The van der Waals surface area contributed by atoms with E-state index < -0.39 is 0 Å². The Morgan fingerprint density at radius 1 is 1.43 bits per heavy atom. The summed E-state index contributed by atoms with van der Waals surface area (Å²) in [7, 11) is 0. The number of hydrogen-bond donors (Lipinski definition) is 3. The molecule has 0 bridgehead atoms. The van der Waals surface area contributed by atoms with E-state index >= 15 is 0 Å². The number of guanidine groups is 1. The number of rotatable bonds is 2. The van der Waals surface area contributed by atoms with Crippen LogP contribution >= 0.6 is 11.6 Å². The Labute approximate surface area is 85.7 Å². The van der Waals surface area contributed by atoms with Gasteiger partial charge in [-0.05, 0) is 18.2 Å². The Morgan fingerprint density at radius 3 is 2.79 bits per heavy atom. The van der Waals surface area contributed by atoms with E-state index in [9.17, 15) is 0 Å². The molecule has 0 saturated carbocycles. The van der Waals surface area contributed by atoms with Crippen LogP contribution in [0.3, 0.4) is 0 Å². The number of benzene rings is 1. The van der Waals surface area contributed by atoms with Gasteiger partial charge in [0.25, 0.3) is 0 Å². The van der Waals surface area contributed by atoms with Crippen molar-refractivity contribution in [2.75, 3.05) is 0 Å². The molecule has 5 nitrogen and oxygen atoms in total. The Balaban J connectivity index is 2.91. The molecule has 0 spiro atoms. The highest BCUT2D eigenvalue weighted by Gasteiger charge is 1.97. The zero-order chi connectivity index (χ0) is 10.6. The topological polar surface area (TPSA) is 97.0 Å². The molecule has 1 aromatic rings. The number of halogens is 1.